The number of nitrogens with one attached hydrogen (secondary N) is 1. The predicted molar refractivity (Wildman–Crippen MR) is 89.3 cm³/mol. The molecule has 0 radical (unpaired) electrons. The summed E-state index contributed by atoms with van der Waals surface area (Å²) >= 11 is 5.89. The van der Waals surface area contributed by atoms with Crippen molar-refractivity contribution in [2.45, 2.75) is 6.92 Å². The van der Waals surface area contributed by atoms with Gasteiger partial charge in [-0.25, -0.2) is 4.39 Å². The number of carbonyl (C=O) groups is 2. The summed E-state index contributed by atoms with van der Waals surface area (Å²) in [6.07, 6.45) is 0. The highest BCUT2D eigenvalue weighted by Gasteiger charge is 2.22. The first kappa shape index (κ1) is 16.3. The Hall–Kier alpha value is -2.60. The zero-order valence-corrected chi connectivity index (χ0v) is 13.6. The van der Waals surface area contributed by atoms with Crippen LogP contribution < -0.4 is 15.0 Å². The van der Waals surface area contributed by atoms with Crippen LogP contribution in [-0.4, -0.2) is 25.0 Å². The Morgan fingerprint density at radius 2 is 2.08 bits per heavy atom. The van der Waals surface area contributed by atoms with Gasteiger partial charge in [0.15, 0.2) is 0 Å². The van der Waals surface area contributed by atoms with Crippen LogP contribution in [0.4, 0.5) is 15.8 Å². The third-order valence-electron chi connectivity index (χ3n) is 3.65. The molecule has 2 amide bonds. The average molecular weight is 349 g/mol. The van der Waals surface area contributed by atoms with Gasteiger partial charge in [-0.1, -0.05) is 17.7 Å². The molecule has 2 aromatic rings. The third-order valence-corrected chi connectivity index (χ3v) is 3.97. The number of rotatable bonds is 2. The van der Waals surface area contributed by atoms with Crippen molar-refractivity contribution in [3.63, 3.8) is 0 Å². The van der Waals surface area contributed by atoms with Crippen LogP contribution in [0.3, 0.4) is 0 Å². The Morgan fingerprint density at radius 1 is 1.29 bits per heavy atom. The number of hydrogen-bond donors (Lipinski definition) is 1. The van der Waals surface area contributed by atoms with Crippen LogP contribution >= 0.6 is 11.6 Å². The second kappa shape index (κ2) is 6.49. The minimum atomic E-state index is -0.697. The van der Waals surface area contributed by atoms with Crippen LogP contribution in [0.5, 0.6) is 5.75 Å². The van der Waals surface area contributed by atoms with Gasteiger partial charge in [-0.3, -0.25) is 9.59 Å². The molecule has 0 bridgehead atoms. The monoisotopic (exact) mass is 348 g/mol. The largest absolute Gasteiger partial charge is 0.489 e. The van der Waals surface area contributed by atoms with Gasteiger partial charge < -0.3 is 15.0 Å². The lowest BCUT2D eigenvalue weighted by molar-refractivity contribution is -0.116. The van der Waals surface area contributed by atoms with Crippen LogP contribution in [0, 0.1) is 5.82 Å². The van der Waals surface area contributed by atoms with Crippen molar-refractivity contribution in [3.8, 4) is 5.75 Å². The summed E-state index contributed by atoms with van der Waals surface area (Å²) in [5, 5.41) is 2.62. The van der Waals surface area contributed by atoms with Crippen LogP contribution in [-0.2, 0) is 4.79 Å². The Kier molecular flexibility index (Phi) is 4.40. The first-order chi connectivity index (χ1) is 11.5. The minimum absolute atomic E-state index is 0.0319. The van der Waals surface area contributed by atoms with Gasteiger partial charge in [0.25, 0.3) is 5.91 Å². The maximum atomic E-state index is 13.8. The molecule has 0 atom stereocenters. The number of hydrogen-bond acceptors (Lipinski definition) is 3. The molecule has 0 unspecified atom stereocenters. The van der Waals surface area contributed by atoms with E-state index in [-0.39, 0.29) is 16.5 Å². The summed E-state index contributed by atoms with van der Waals surface area (Å²) < 4.78 is 19.3. The lowest BCUT2D eigenvalue weighted by Gasteiger charge is -2.29. The van der Waals surface area contributed by atoms with Crippen molar-refractivity contribution < 1.29 is 18.7 Å². The average Bonchev–Trinajstić information content (AvgIpc) is 2.53. The highest BCUT2D eigenvalue weighted by Crippen LogP contribution is 2.34. The Balaban J connectivity index is 1.87. The van der Waals surface area contributed by atoms with Gasteiger partial charge in [0.05, 0.1) is 22.8 Å². The number of benzene rings is 2. The molecule has 0 aliphatic carbocycles. The lowest BCUT2D eigenvalue weighted by atomic mass is 10.1. The molecule has 0 spiro atoms. The number of anilines is 2. The van der Waals surface area contributed by atoms with Crippen LogP contribution in [0.15, 0.2) is 36.4 Å². The van der Waals surface area contributed by atoms with Gasteiger partial charge in [-0.2, -0.15) is 0 Å². The molecule has 24 heavy (non-hydrogen) atoms. The lowest BCUT2D eigenvalue weighted by Crippen LogP contribution is -2.36. The van der Waals surface area contributed by atoms with Crippen molar-refractivity contribution in [1.82, 2.24) is 0 Å². The molecule has 124 valence electrons. The van der Waals surface area contributed by atoms with Crippen molar-refractivity contribution in [2.75, 3.05) is 23.4 Å². The van der Waals surface area contributed by atoms with Gasteiger partial charge in [-0.15, -0.1) is 0 Å². The van der Waals surface area contributed by atoms with Crippen molar-refractivity contribution in [3.05, 3.63) is 52.8 Å². The number of amides is 2. The molecule has 1 aliphatic heterocycles. The van der Waals surface area contributed by atoms with E-state index in [1.54, 1.807) is 23.1 Å². The molecule has 3 rings (SSSR count). The second-order valence-corrected chi connectivity index (χ2v) is 5.66. The molecule has 5 nitrogen and oxygen atoms in total. The quantitative estimate of drug-likeness (QED) is 0.904. The molecule has 0 aromatic heterocycles. The fourth-order valence-corrected chi connectivity index (χ4v) is 2.78. The van der Waals surface area contributed by atoms with Crippen LogP contribution in [0.1, 0.15) is 17.3 Å². The fraction of sp³-hybridized carbons (Fsp3) is 0.176. The number of ether oxygens (including phenoxy) is 1. The van der Waals surface area contributed by atoms with E-state index in [1.165, 1.54) is 25.1 Å². The van der Waals surface area contributed by atoms with E-state index >= 15 is 0 Å². The second-order valence-electron chi connectivity index (χ2n) is 5.25. The number of halogens is 2. The smallest absolute Gasteiger partial charge is 0.260 e. The molecule has 2 aromatic carbocycles. The molecular formula is C17H14ClFN2O3. The Labute approximate surface area is 143 Å². The zero-order valence-electron chi connectivity index (χ0n) is 12.8. The summed E-state index contributed by atoms with van der Waals surface area (Å²) in [7, 11) is 0. The molecule has 0 saturated carbocycles. The maximum Gasteiger partial charge on any atom is 0.260 e. The van der Waals surface area contributed by atoms with Crippen molar-refractivity contribution in [1.29, 1.82) is 0 Å². The predicted octanol–water partition coefficient (Wildman–Crippen LogP) is 3.48. The van der Waals surface area contributed by atoms with Crippen molar-refractivity contribution >= 4 is 34.8 Å². The normalized spacial score (nSPS) is 13.0. The third kappa shape index (κ3) is 3.05. The summed E-state index contributed by atoms with van der Waals surface area (Å²) in [4.78, 5) is 25.5. The number of fused-ring (bicyclic) bond motifs is 1. The molecule has 0 saturated heterocycles. The maximum absolute atomic E-state index is 13.8. The van der Waals surface area contributed by atoms with E-state index < -0.39 is 11.7 Å². The van der Waals surface area contributed by atoms with Crippen LogP contribution in [0.2, 0.25) is 5.02 Å². The summed E-state index contributed by atoms with van der Waals surface area (Å²) in [6, 6.07) is 8.93. The molecule has 1 heterocycles. The van der Waals surface area contributed by atoms with E-state index in [9.17, 15) is 14.0 Å². The molecule has 7 heteroatoms. The Morgan fingerprint density at radius 3 is 2.79 bits per heavy atom. The van der Waals surface area contributed by atoms with Gasteiger partial charge in [0.2, 0.25) is 5.91 Å². The highest BCUT2D eigenvalue weighted by atomic mass is 35.5. The molecular weight excluding hydrogens is 335 g/mol. The number of carbonyl (C=O) groups excluding carboxylic acids is 2. The molecule has 1 N–H and O–H groups in total. The fourth-order valence-electron chi connectivity index (χ4n) is 2.53. The van der Waals surface area contributed by atoms with Gasteiger partial charge in [0, 0.05) is 18.7 Å². The summed E-state index contributed by atoms with van der Waals surface area (Å²) in [5.41, 5.74) is 0.835. The van der Waals surface area contributed by atoms with E-state index in [4.69, 9.17) is 16.3 Å². The van der Waals surface area contributed by atoms with E-state index in [2.05, 4.69) is 5.32 Å². The molecule has 1 aliphatic rings. The standard InChI is InChI=1S/C17H14ClFN2O3/c1-10(22)21-7-8-24-15-9-11(5-6-14(15)21)20-17(23)16-12(18)3-2-4-13(16)19/h2-6,9H,7-8H2,1H3,(H,20,23). The summed E-state index contributed by atoms with van der Waals surface area (Å²) in [6.45, 7) is 2.31. The highest BCUT2D eigenvalue weighted by molar-refractivity contribution is 6.34. The first-order valence-electron chi connectivity index (χ1n) is 7.27. The topological polar surface area (TPSA) is 58.6 Å². The minimum Gasteiger partial charge on any atom is -0.489 e. The number of nitrogens with zero attached hydrogens (tertiary/aromatic N) is 1. The van der Waals surface area contributed by atoms with E-state index in [0.717, 1.165) is 0 Å². The van der Waals surface area contributed by atoms with Gasteiger partial charge in [-0.05, 0) is 24.3 Å². The van der Waals surface area contributed by atoms with Gasteiger partial charge in [0.1, 0.15) is 18.2 Å². The molecule has 0 fully saturated rings. The van der Waals surface area contributed by atoms with E-state index in [1.807, 2.05) is 0 Å². The Bertz CT molecular complexity index is 805. The SMILES string of the molecule is CC(=O)N1CCOc2cc(NC(=O)c3c(F)cccc3Cl)ccc21. The van der Waals surface area contributed by atoms with Crippen LogP contribution in [0.25, 0.3) is 0 Å². The van der Waals surface area contributed by atoms with Gasteiger partial charge >= 0.3 is 0 Å². The zero-order chi connectivity index (χ0) is 17.3. The van der Waals surface area contributed by atoms with E-state index in [0.29, 0.717) is 30.3 Å². The van der Waals surface area contributed by atoms with Crippen molar-refractivity contribution in [2.24, 2.45) is 0 Å². The summed E-state index contributed by atoms with van der Waals surface area (Å²) in [5.74, 6) is -0.961. The first-order valence-corrected chi connectivity index (χ1v) is 7.65.